The van der Waals surface area contributed by atoms with Crippen molar-refractivity contribution in [3.63, 3.8) is 0 Å². The summed E-state index contributed by atoms with van der Waals surface area (Å²) in [5, 5.41) is 11.2. The molecule has 0 radical (unpaired) electrons. The van der Waals surface area contributed by atoms with Crippen LogP contribution < -0.4 is 10.9 Å². The van der Waals surface area contributed by atoms with Crippen LogP contribution in [0.5, 0.6) is 0 Å². The maximum Gasteiger partial charge on any atom is 0.271 e. The number of hydrazine groups is 1. The lowest BCUT2D eigenvalue weighted by atomic mass is 10.2. The Bertz CT molecular complexity index is 868. The molecule has 0 heterocycles. The van der Waals surface area contributed by atoms with Crippen molar-refractivity contribution in [2.45, 2.75) is 0 Å². The molecule has 9 heteroatoms. The fourth-order valence-electron chi connectivity index (χ4n) is 1.81. The number of nitro benzene ring substituents is 1. The molecule has 2 aromatic carbocycles. The zero-order valence-electron chi connectivity index (χ0n) is 12.5. The molecule has 0 aliphatic carbocycles. The second-order valence-electron chi connectivity index (χ2n) is 4.75. The first kappa shape index (κ1) is 18.4. The minimum Gasteiger partial charge on any atom is -0.268 e. The van der Waals surface area contributed by atoms with Gasteiger partial charge < -0.3 is 0 Å². The van der Waals surface area contributed by atoms with Crippen molar-refractivity contribution in [2.75, 3.05) is 0 Å². The molecule has 25 heavy (non-hydrogen) atoms. The molecule has 2 rings (SSSR count). The van der Waals surface area contributed by atoms with E-state index in [1.54, 1.807) is 6.07 Å². The Balaban J connectivity index is 1.96. The third-order valence-electron chi connectivity index (χ3n) is 2.98. The van der Waals surface area contributed by atoms with Gasteiger partial charge in [0.2, 0.25) is 0 Å². The number of non-ortho nitro benzene ring substituents is 1. The fraction of sp³-hybridized carbons (Fsp3) is 0. The number of carbonyl (C=O) groups excluding carboxylic acids is 2. The summed E-state index contributed by atoms with van der Waals surface area (Å²) in [6.07, 6.45) is 2.50. The number of benzene rings is 2. The molecule has 2 aromatic rings. The maximum atomic E-state index is 11.9. The Labute approximate surface area is 152 Å². The van der Waals surface area contributed by atoms with E-state index in [1.165, 1.54) is 42.5 Å². The van der Waals surface area contributed by atoms with Crippen molar-refractivity contribution in [3.05, 3.63) is 79.8 Å². The van der Waals surface area contributed by atoms with E-state index in [-0.39, 0.29) is 16.3 Å². The number of hydrogen-bond acceptors (Lipinski definition) is 4. The van der Waals surface area contributed by atoms with Crippen LogP contribution in [-0.4, -0.2) is 16.7 Å². The van der Waals surface area contributed by atoms with Crippen LogP contribution in [0.25, 0.3) is 6.08 Å². The molecule has 0 atom stereocenters. The van der Waals surface area contributed by atoms with Crippen LogP contribution >= 0.6 is 23.2 Å². The minimum absolute atomic E-state index is 0.0912. The molecule has 0 fully saturated rings. The molecular formula is C16H11Cl2N3O4. The smallest absolute Gasteiger partial charge is 0.268 e. The predicted molar refractivity (Wildman–Crippen MR) is 94.2 cm³/mol. The van der Waals surface area contributed by atoms with Gasteiger partial charge in [0, 0.05) is 23.2 Å². The number of halogens is 2. The number of nitrogens with zero attached hydrogens (tertiary/aromatic N) is 1. The summed E-state index contributed by atoms with van der Waals surface area (Å²) in [5.74, 6) is -1.26. The molecule has 0 aromatic heterocycles. The minimum atomic E-state index is -0.635. The molecule has 0 unspecified atom stereocenters. The van der Waals surface area contributed by atoms with Gasteiger partial charge in [0.25, 0.3) is 17.5 Å². The molecule has 0 saturated carbocycles. The Kier molecular flexibility index (Phi) is 6.10. The predicted octanol–water partition coefficient (Wildman–Crippen LogP) is 3.38. The van der Waals surface area contributed by atoms with Gasteiger partial charge >= 0.3 is 0 Å². The van der Waals surface area contributed by atoms with E-state index in [2.05, 4.69) is 10.9 Å². The van der Waals surface area contributed by atoms with Crippen molar-refractivity contribution >= 4 is 46.8 Å². The Morgan fingerprint density at radius 2 is 1.84 bits per heavy atom. The second kappa shape index (κ2) is 8.27. The highest BCUT2D eigenvalue weighted by Gasteiger charge is 2.11. The zero-order chi connectivity index (χ0) is 18.4. The van der Waals surface area contributed by atoms with E-state index in [4.69, 9.17) is 23.2 Å². The van der Waals surface area contributed by atoms with Crippen molar-refractivity contribution in [3.8, 4) is 0 Å². The highest BCUT2D eigenvalue weighted by atomic mass is 35.5. The van der Waals surface area contributed by atoms with Gasteiger partial charge in [0.05, 0.1) is 15.5 Å². The number of carbonyl (C=O) groups is 2. The monoisotopic (exact) mass is 379 g/mol. The number of nitro groups is 1. The number of nitrogens with one attached hydrogen (secondary N) is 2. The third kappa shape index (κ3) is 5.30. The van der Waals surface area contributed by atoms with Gasteiger partial charge in [-0.25, -0.2) is 0 Å². The molecule has 0 saturated heterocycles. The summed E-state index contributed by atoms with van der Waals surface area (Å²) in [6.45, 7) is 0. The highest BCUT2D eigenvalue weighted by molar-refractivity contribution is 6.35. The summed E-state index contributed by atoms with van der Waals surface area (Å²) in [4.78, 5) is 33.8. The lowest BCUT2D eigenvalue weighted by Gasteiger charge is -2.07. The first-order valence-corrected chi connectivity index (χ1v) is 7.60. The first-order valence-electron chi connectivity index (χ1n) is 6.85. The van der Waals surface area contributed by atoms with Crippen molar-refractivity contribution in [1.82, 2.24) is 10.9 Å². The molecule has 0 bridgehead atoms. The number of hydrogen-bond donors (Lipinski definition) is 2. The molecular weight excluding hydrogens is 369 g/mol. The summed E-state index contributed by atoms with van der Waals surface area (Å²) >= 11 is 11.7. The maximum absolute atomic E-state index is 11.9. The average molecular weight is 380 g/mol. The normalized spacial score (nSPS) is 10.5. The van der Waals surface area contributed by atoms with Crippen LogP contribution in [0.15, 0.2) is 48.5 Å². The molecule has 0 spiro atoms. The lowest BCUT2D eigenvalue weighted by Crippen LogP contribution is -2.40. The van der Waals surface area contributed by atoms with E-state index < -0.39 is 16.7 Å². The van der Waals surface area contributed by atoms with Crippen LogP contribution in [0.2, 0.25) is 10.0 Å². The molecule has 7 nitrogen and oxygen atoms in total. The van der Waals surface area contributed by atoms with E-state index in [9.17, 15) is 19.7 Å². The summed E-state index contributed by atoms with van der Waals surface area (Å²) in [7, 11) is 0. The van der Waals surface area contributed by atoms with E-state index in [0.717, 1.165) is 6.08 Å². The van der Waals surface area contributed by atoms with Crippen molar-refractivity contribution in [2.24, 2.45) is 0 Å². The van der Waals surface area contributed by atoms with Gasteiger partial charge in [-0.2, -0.15) is 0 Å². The van der Waals surface area contributed by atoms with Crippen LogP contribution in [0.3, 0.4) is 0 Å². The highest BCUT2D eigenvalue weighted by Crippen LogP contribution is 2.20. The Morgan fingerprint density at radius 1 is 1.08 bits per heavy atom. The molecule has 0 aliphatic heterocycles. The lowest BCUT2D eigenvalue weighted by molar-refractivity contribution is -0.384. The SMILES string of the molecule is O=C(/C=C/c1cccc([N+](=O)[O-])c1)NNC(=O)c1cc(Cl)ccc1Cl. The largest absolute Gasteiger partial charge is 0.271 e. The van der Waals surface area contributed by atoms with Crippen LogP contribution in [0, 0.1) is 10.1 Å². The zero-order valence-corrected chi connectivity index (χ0v) is 14.0. The Morgan fingerprint density at radius 3 is 2.56 bits per heavy atom. The van der Waals surface area contributed by atoms with Gasteiger partial charge in [0.1, 0.15) is 0 Å². The van der Waals surface area contributed by atoms with Gasteiger partial charge in [-0.3, -0.25) is 30.6 Å². The van der Waals surface area contributed by atoms with Gasteiger partial charge in [-0.05, 0) is 29.8 Å². The number of amides is 2. The third-order valence-corrected chi connectivity index (χ3v) is 3.55. The van der Waals surface area contributed by atoms with Crippen LogP contribution in [0.4, 0.5) is 5.69 Å². The average Bonchev–Trinajstić information content (AvgIpc) is 2.60. The van der Waals surface area contributed by atoms with Crippen LogP contribution in [-0.2, 0) is 4.79 Å². The summed E-state index contributed by atoms with van der Waals surface area (Å²) < 4.78 is 0. The topological polar surface area (TPSA) is 101 Å². The van der Waals surface area contributed by atoms with E-state index in [1.807, 2.05) is 0 Å². The van der Waals surface area contributed by atoms with E-state index >= 15 is 0 Å². The van der Waals surface area contributed by atoms with Crippen LogP contribution in [0.1, 0.15) is 15.9 Å². The Hall–Kier alpha value is -2.90. The van der Waals surface area contributed by atoms with Gasteiger partial charge in [-0.15, -0.1) is 0 Å². The van der Waals surface area contributed by atoms with Gasteiger partial charge in [-0.1, -0.05) is 35.3 Å². The number of rotatable bonds is 4. The molecule has 2 N–H and O–H groups in total. The summed E-state index contributed by atoms with van der Waals surface area (Å²) in [6, 6.07) is 10.1. The van der Waals surface area contributed by atoms with Crippen molar-refractivity contribution < 1.29 is 14.5 Å². The molecule has 2 amide bonds. The second-order valence-corrected chi connectivity index (χ2v) is 5.60. The standard InChI is InChI=1S/C16H11Cl2N3O4/c17-11-5-6-14(18)13(9-11)16(23)20-19-15(22)7-4-10-2-1-3-12(8-10)21(24)25/h1-9H,(H,19,22)(H,20,23)/b7-4+. The molecule has 128 valence electrons. The quantitative estimate of drug-likeness (QED) is 0.482. The van der Waals surface area contributed by atoms with Crippen molar-refractivity contribution in [1.29, 1.82) is 0 Å². The van der Waals surface area contributed by atoms with Gasteiger partial charge in [0.15, 0.2) is 0 Å². The fourth-order valence-corrected chi connectivity index (χ4v) is 2.19. The first-order chi connectivity index (χ1) is 11.9. The summed E-state index contributed by atoms with van der Waals surface area (Å²) in [5.41, 5.74) is 4.85. The van der Waals surface area contributed by atoms with E-state index in [0.29, 0.717) is 10.6 Å². The molecule has 0 aliphatic rings.